The number of hydrogen-bond donors (Lipinski definition) is 1. The van der Waals surface area contributed by atoms with Crippen LogP contribution in [0.2, 0.25) is 0 Å². The lowest BCUT2D eigenvalue weighted by molar-refractivity contribution is 0.594. The van der Waals surface area contributed by atoms with Gasteiger partial charge in [0, 0.05) is 42.2 Å². The van der Waals surface area contributed by atoms with Crippen LogP contribution in [0, 0.1) is 5.13 Å². The van der Waals surface area contributed by atoms with E-state index in [1.165, 1.54) is 41.5 Å². The quantitative estimate of drug-likeness (QED) is 0.844. The molecule has 1 aliphatic carbocycles. The van der Waals surface area contributed by atoms with Gasteiger partial charge in [0.05, 0.1) is 5.69 Å². The first-order valence-corrected chi connectivity index (χ1v) is 8.09. The third-order valence-corrected chi connectivity index (χ3v) is 4.40. The molecule has 0 atom stereocenters. The van der Waals surface area contributed by atoms with Gasteiger partial charge < -0.3 is 5.32 Å². The van der Waals surface area contributed by atoms with Crippen molar-refractivity contribution in [1.82, 2.24) is 15.1 Å². The van der Waals surface area contributed by atoms with Crippen LogP contribution in [-0.2, 0) is 19.6 Å². The minimum absolute atomic E-state index is 0.115. The van der Waals surface area contributed by atoms with E-state index in [0.29, 0.717) is 5.92 Å². The zero-order chi connectivity index (χ0) is 13.9. The lowest BCUT2D eigenvalue weighted by Gasteiger charge is -2.02. The number of rotatable bonds is 7. The highest BCUT2D eigenvalue weighted by Crippen LogP contribution is 2.40. The smallest absolute Gasteiger partial charge is 0.176 e. The van der Waals surface area contributed by atoms with Gasteiger partial charge in [0.2, 0.25) is 0 Å². The zero-order valence-electron chi connectivity index (χ0n) is 11.7. The summed E-state index contributed by atoms with van der Waals surface area (Å²) < 4.78 is 15.0. The van der Waals surface area contributed by atoms with Crippen LogP contribution in [0.25, 0.3) is 0 Å². The molecule has 0 radical (unpaired) electrons. The SMILES string of the molecule is CCCn1cc(CNCc2ccc(F)s2)c(C2CC2)n1. The number of hydrogen-bond acceptors (Lipinski definition) is 3. The molecule has 5 heteroatoms. The maximum Gasteiger partial charge on any atom is 0.176 e. The first kappa shape index (κ1) is 13.8. The van der Waals surface area contributed by atoms with E-state index in [-0.39, 0.29) is 5.13 Å². The van der Waals surface area contributed by atoms with Crippen molar-refractivity contribution in [2.24, 2.45) is 0 Å². The molecule has 3 nitrogen and oxygen atoms in total. The molecule has 1 saturated carbocycles. The highest BCUT2D eigenvalue weighted by molar-refractivity contribution is 7.10. The normalized spacial score (nSPS) is 14.9. The lowest BCUT2D eigenvalue weighted by Crippen LogP contribution is -2.12. The van der Waals surface area contributed by atoms with E-state index >= 15 is 0 Å². The van der Waals surface area contributed by atoms with Crippen LogP contribution in [-0.4, -0.2) is 9.78 Å². The molecule has 1 aliphatic rings. The fourth-order valence-electron chi connectivity index (χ4n) is 2.43. The number of aromatic nitrogens is 2. The predicted molar refractivity (Wildman–Crippen MR) is 79.3 cm³/mol. The topological polar surface area (TPSA) is 29.9 Å². The largest absolute Gasteiger partial charge is 0.308 e. The summed E-state index contributed by atoms with van der Waals surface area (Å²) in [6.07, 6.45) is 5.81. The van der Waals surface area contributed by atoms with Crippen molar-refractivity contribution in [3.05, 3.63) is 39.6 Å². The van der Waals surface area contributed by atoms with Crippen molar-refractivity contribution in [2.45, 2.75) is 51.7 Å². The third-order valence-electron chi connectivity index (χ3n) is 3.53. The van der Waals surface area contributed by atoms with Crippen LogP contribution in [0.5, 0.6) is 0 Å². The maximum atomic E-state index is 12.9. The van der Waals surface area contributed by atoms with Crippen LogP contribution in [0.4, 0.5) is 4.39 Å². The van der Waals surface area contributed by atoms with Crippen LogP contribution in [0.15, 0.2) is 18.3 Å². The Morgan fingerprint density at radius 3 is 2.90 bits per heavy atom. The third kappa shape index (κ3) is 3.27. The van der Waals surface area contributed by atoms with Gasteiger partial charge in [-0.05, 0) is 31.4 Å². The second kappa shape index (κ2) is 6.06. The number of nitrogens with one attached hydrogen (secondary N) is 1. The van der Waals surface area contributed by atoms with Crippen molar-refractivity contribution in [1.29, 1.82) is 0 Å². The molecule has 2 heterocycles. The van der Waals surface area contributed by atoms with E-state index in [9.17, 15) is 4.39 Å². The molecule has 0 unspecified atom stereocenters. The predicted octanol–water partition coefficient (Wildman–Crippen LogP) is 3.66. The Kier molecular flexibility index (Phi) is 4.17. The minimum Gasteiger partial charge on any atom is -0.308 e. The van der Waals surface area contributed by atoms with Crippen molar-refractivity contribution in [3.63, 3.8) is 0 Å². The summed E-state index contributed by atoms with van der Waals surface area (Å²) in [4.78, 5) is 1.04. The molecule has 108 valence electrons. The molecule has 0 amide bonds. The molecule has 0 aliphatic heterocycles. The van der Waals surface area contributed by atoms with Gasteiger partial charge in [-0.2, -0.15) is 9.49 Å². The van der Waals surface area contributed by atoms with Crippen molar-refractivity contribution < 1.29 is 4.39 Å². The summed E-state index contributed by atoms with van der Waals surface area (Å²) in [7, 11) is 0. The second-order valence-corrected chi connectivity index (χ2v) is 6.50. The molecule has 0 saturated heterocycles. The van der Waals surface area contributed by atoms with Gasteiger partial charge in [-0.15, -0.1) is 11.3 Å². The second-order valence-electron chi connectivity index (χ2n) is 5.39. The Bertz CT molecular complexity index is 571. The fourth-order valence-corrected chi connectivity index (χ4v) is 3.12. The highest BCUT2D eigenvalue weighted by Gasteiger charge is 2.28. The molecule has 0 aromatic carbocycles. The lowest BCUT2D eigenvalue weighted by atomic mass is 10.2. The van der Waals surface area contributed by atoms with Gasteiger partial charge >= 0.3 is 0 Å². The Morgan fingerprint density at radius 2 is 2.25 bits per heavy atom. The number of halogens is 1. The summed E-state index contributed by atoms with van der Waals surface area (Å²) >= 11 is 1.21. The summed E-state index contributed by atoms with van der Waals surface area (Å²) in [5, 5.41) is 8.00. The number of thiophene rings is 1. The van der Waals surface area contributed by atoms with Crippen molar-refractivity contribution >= 4 is 11.3 Å². The molecule has 2 aromatic rings. The van der Waals surface area contributed by atoms with Crippen LogP contribution < -0.4 is 5.32 Å². The maximum absolute atomic E-state index is 12.9. The monoisotopic (exact) mass is 293 g/mol. The summed E-state index contributed by atoms with van der Waals surface area (Å²) in [6, 6.07) is 3.37. The molecule has 1 fully saturated rings. The van der Waals surface area contributed by atoms with Gasteiger partial charge in [-0.1, -0.05) is 6.92 Å². The van der Waals surface area contributed by atoms with E-state index in [1.807, 2.05) is 6.07 Å². The van der Waals surface area contributed by atoms with Crippen molar-refractivity contribution in [2.75, 3.05) is 0 Å². The van der Waals surface area contributed by atoms with Gasteiger partial charge in [0.1, 0.15) is 0 Å². The van der Waals surface area contributed by atoms with E-state index in [0.717, 1.165) is 30.9 Å². The molecular weight excluding hydrogens is 273 g/mol. The van der Waals surface area contributed by atoms with Crippen LogP contribution in [0.1, 0.15) is 48.2 Å². The average molecular weight is 293 g/mol. The summed E-state index contributed by atoms with van der Waals surface area (Å²) in [5.41, 5.74) is 2.57. The first-order chi connectivity index (χ1) is 9.76. The molecule has 20 heavy (non-hydrogen) atoms. The fraction of sp³-hybridized carbons (Fsp3) is 0.533. The van der Waals surface area contributed by atoms with E-state index < -0.39 is 0 Å². The van der Waals surface area contributed by atoms with Crippen LogP contribution in [0.3, 0.4) is 0 Å². The van der Waals surface area contributed by atoms with Crippen molar-refractivity contribution in [3.8, 4) is 0 Å². The van der Waals surface area contributed by atoms with Gasteiger partial charge in [-0.3, -0.25) is 4.68 Å². The molecule has 0 bridgehead atoms. The standard InChI is InChI=1S/C15H20FN3S/c1-2-7-19-10-12(15(18-19)11-3-4-11)8-17-9-13-5-6-14(16)20-13/h5-6,10-11,17H,2-4,7-9H2,1H3. The molecule has 0 spiro atoms. The zero-order valence-corrected chi connectivity index (χ0v) is 12.5. The van der Waals surface area contributed by atoms with Gasteiger partial charge in [-0.25, -0.2) is 0 Å². The molecule has 2 aromatic heterocycles. The van der Waals surface area contributed by atoms with E-state index in [1.54, 1.807) is 0 Å². The Morgan fingerprint density at radius 1 is 1.40 bits per heavy atom. The van der Waals surface area contributed by atoms with Crippen LogP contribution >= 0.6 is 11.3 Å². The first-order valence-electron chi connectivity index (χ1n) is 7.27. The number of nitrogens with zero attached hydrogens (tertiary/aromatic N) is 2. The summed E-state index contributed by atoms with van der Waals surface area (Å²) in [5.74, 6) is 0.670. The Hall–Kier alpha value is -1.20. The minimum atomic E-state index is -0.115. The van der Waals surface area contributed by atoms with E-state index in [2.05, 4.69) is 23.1 Å². The highest BCUT2D eigenvalue weighted by atomic mass is 32.1. The molecule has 3 rings (SSSR count). The molecular formula is C15H20FN3S. The van der Waals surface area contributed by atoms with Gasteiger partial charge in [0.25, 0.3) is 0 Å². The summed E-state index contributed by atoms with van der Waals surface area (Å²) in [6.45, 7) is 4.68. The Balaban J connectivity index is 1.61. The molecule has 1 N–H and O–H groups in total. The van der Waals surface area contributed by atoms with E-state index in [4.69, 9.17) is 5.10 Å². The Labute approximate surface area is 122 Å². The van der Waals surface area contributed by atoms with Gasteiger partial charge in [0.15, 0.2) is 5.13 Å². The average Bonchev–Trinajstić information content (AvgIpc) is 3.07. The number of aryl methyl sites for hydroxylation is 1.